The normalized spacial score (nSPS) is 11.3. The summed E-state index contributed by atoms with van der Waals surface area (Å²) in [5.41, 5.74) is 13.5. The van der Waals surface area contributed by atoms with Gasteiger partial charge in [-0.25, -0.2) is 9.97 Å². The summed E-state index contributed by atoms with van der Waals surface area (Å²) in [6, 6.07) is 63.2. The minimum atomic E-state index is 0.688. The second-order valence-electron chi connectivity index (χ2n) is 12.2. The van der Waals surface area contributed by atoms with E-state index in [1.165, 1.54) is 16.7 Å². The van der Waals surface area contributed by atoms with Crippen molar-refractivity contribution in [3.63, 3.8) is 0 Å². The Morgan fingerprint density at radius 3 is 1.51 bits per heavy atom. The summed E-state index contributed by atoms with van der Waals surface area (Å²) in [5.74, 6) is 0.688. The van der Waals surface area contributed by atoms with Gasteiger partial charge in [-0.15, -0.1) is 0 Å². The van der Waals surface area contributed by atoms with Gasteiger partial charge in [-0.3, -0.25) is 0 Å². The van der Waals surface area contributed by atoms with Crippen molar-refractivity contribution >= 4 is 21.9 Å². The molecule has 0 aliphatic heterocycles. The second kappa shape index (κ2) is 12.2. The number of aromatic nitrogens is 2. The third kappa shape index (κ3) is 5.48. The highest BCUT2D eigenvalue weighted by Gasteiger charge is 2.15. The van der Waals surface area contributed by atoms with E-state index in [4.69, 9.17) is 14.4 Å². The van der Waals surface area contributed by atoms with Gasteiger partial charge >= 0.3 is 0 Å². The fourth-order valence-electron chi connectivity index (χ4n) is 6.64. The summed E-state index contributed by atoms with van der Waals surface area (Å²) in [5, 5.41) is 2.24. The van der Waals surface area contributed by atoms with E-state index in [-0.39, 0.29) is 0 Å². The first-order valence-corrected chi connectivity index (χ1v) is 16.5. The standard InChI is InChI=1S/C46H30N2O/c1-3-11-31(12-4-1)33-21-25-35(26-22-33)41-30-42(48-46(47-41)36-27-23-34(24-28-36)32-13-5-2-6-14-32)38-16-9-15-37(29-38)39-18-10-20-44-45(39)40-17-7-8-19-43(40)49-44/h1-30H. The van der Waals surface area contributed by atoms with Gasteiger partial charge in [0, 0.05) is 27.5 Å². The van der Waals surface area contributed by atoms with E-state index < -0.39 is 0 Å². The first-order valence-electron chi connectivity index (χ1n) is 16.5. The molecule has 0 unspecified atom stereocenters. The lowest BCUT2D eigenvalue weighted by molar-refractivity contribution is 0.669. The molecule has 0 fully saturated rings. The van der Waals surface area contributed by atoms with Crippen LogP contribution in [0, 0.1) is 0 Å². The highest BCUT2D eigenvalue weighted by atomic mass is 16.3. The lowest BCUT2D eigenvalue weighted by Gasteiger charge is -2.12. The van der Waals surface area contributed by atoms with E-state index in [1.54, 1.807) is 0 Å². The number of benzene rings is 7. The summed E-state index contributed by atoms with van der Waals surface area (Å²) in [6.07, 6.45) is 0. The first kappa shape index (κ1) is 28.6. The molecule has 0 aliphatic rings. The predicted octanol–water partition coefficient (Wildman–Crippen LogP) is 12.4. The van der Waals surface area contributed by atoms with Crippen molar-refractivity contribution in [1.29, 1.82) is 0 Å². The smallest absolute Gasteiger partial charge is 0.160 e. The quantitative estimate of drug-likeness (QED) is 0.184. The average Bonchev–Trinajstić information content (AvgIpc) is 3.58. The summed E-state index contributed by atoms with van der Waals surface area (Å²) in [6.45, 7) is 0. The maximum Gasteiger partial charge on any atom is 0.160 e. The van der Waals surface area contributed by atoms with Gasteiger partial charge < -0.3 is 4.42 Å². The molecule has 7 aromatic carbocycles. The molecule has 0 radical (unpaired) electrons. The van der Waals surface area contributed by atoms with Crippen LogP contribution in [0.3, 0.4) is 0 Å². The molecule has 2 heterocycles. The highest BCUT2D eigenvalue weighted by Crippen LogP contribution is 2.38. The Morgan fingerprint density at radius 1 is 0.327 bits per heavy atom. The van der Waals surface area contributed by atoms with Crippen LogP contribution in [0.15, 0.2) is 186 Å². The molecular formula is C46H30N2O. The Labute approximate surface area is 284 Å². The molecule has 0 spiro atoms. The van der Waals surface area contributed by atoms with Gasteiger partial charge in [0.1, 0.15) is 11.2 Å². The summed E-state index contributed by atoms with van der Waals surface area (Å²) >= 11 is 0. The van der Waals surface area contributed by atoms with E-state index in [1.807, 2.05) is 30.3 Å². The fraction of sp³-hybridized carbons (Fsp3) is 0. The molecular weight excluding hydrogens is 597 g/mol. The third-order valence-corrected chi connectivity index (χ3v) is 9.14. The van der Waals surface area contributed by atoms with Crippen LogP contribution in [0.1, 0.15) is 0 Å². The van der Waals surface area contributed by atoms with Crippen LogP contribution >= 0.6 is 0 Å². The van der Waals surface area contributed by atoms with Gasteiger partial charge in [0.2, 0.25) is 0 Å². The van der Waals surface area contributed by atoms with Gasteiger partial charge in [-0.2, -0.15) is 0 Å². The third-order valence-electron chi connectivity index (χ3n) is 9.14. The molecule has 9 aromatic rings. The van der Waals surface area contributed by atoms with E-state index in [0.717, 1.165) is 66.7 Å². The van der Waals surface area contributed by atoms with Crippen LogP contribution in [-0.2, 0) is 0 Å². The molecule has 3 nitrogen and oxygen atoms in total. The number of hydrogen-bond donors (Lipinski definition) is 0. The van der Waals surface area contributed by atoms with Crippen LogP contribution in [0.4, 0.5) is 0 Å². The van der Waals surface area contributed by atoms with Crippen LogP contribution in [0.5, 0.6) is 0 Å². The second-order valence-corrected chi connectivity index (χ2v) is 12.2. The minimum absolute atomic E-state index is 0.688. The SMILES string of the molecule is c1ccc(-c2ccc(-c3cc(-c4cccc(-c5cccc6oc7ccccc7c56)c4)nc(-c4ccc(-c5ccccc5)cc4)n3)cc2)cc1. The van der Waals surface area contributed by atoms with Gasteiger partial charge in [0.15, 0.2) is 5.82 Å². The summed E-state index contributed by atoms with van der Waals surface area (Å²) in [4.78, 5) is 10.3. The maximum atomic E-state index is 6.21. The van der Waals surface area contributed by atoms with Crippen LogP contribution in [0.2, 0.25) is 0 Å². The molecule has 0 saturated heterocycles. The monoisotopic (exact) mass is 626 g/mol. The Bertz CT molecular complexity index is 2470. The average molecular weight is 627 g/mol. The van der Waals surface area contributed by atoms with E-state index >= 15 is 0 Å². The van der Waals surface area contributed by atoms with Crippen LogP contribution in [0.25, 0.3) is 89.2 Å². The Kier molecular flexibility index (Phi) is 7.14. The predicted molar refractivity (Wildman–Crippen MR) is 202 cm³/mol. The molecule has 230 valence electrons. The van der Waals surface area contributed by atoms with Gasteiger partial charge in [-0.1, -0.05) is 158 Å². The maximum absolute atomic E-state index is 6.21. The lowest BCUT2D eigenvalue weighted by Crippen LogP contribution is -1.96. The number of hydrogen-bond acceptors (Lipinski definition) is 3. The Balaban J connectivity index is 1.16. The molecule has 0 N–H and O–H groups in total. The Hall–Kier alpha value is -6.58. The highest BCUT2D eigenvalue weighted by molar-refractivity contribution is 6.12. The minimum Gasteiger partial charge on any atom is -0.456 e. The zero-order chi connectivity index (χ0) is 32.6. The summed E-state index contributed by atoms with van der Waals surface area (Å²) in [7, 11) is 0. The molecule has 0 saturated carbocycles. The summed E-state index contributed by atoms with van der Waals surface area (Å²) < 4.78 is 6.21. The number of fused-ring (bicyclic) bond motifs is 3. The van der Waals surface area contributed by atoms with E-state index in [0.29, 0.717) is 5.82 Å². The Morgan fingerprint density at radius 2 is 0.816 bits per heavy atom. The van der Waals surface area contributed by atoms with Crippen molar-refractivity contribution in [3.8, 4) is 67.3 Å². The number of nitrogens with zero attached hydrogens (tertiary/aromatic N) is 2. The van der Waals surface area contributed by atoms with E-state index in [9.17, 15) is 0 Å². The number of para-hydroxylation sites is 1. The van der Waals surface area contributed by atoms with Crippen molar-refractivity contribution in [2.45, 2.75) is 0 Å². The van der Waals surface area contributed by atoms with Gasteiger partial charge in [0.05, 0.1) is 11.4 Å². The van der Waals surface area contributed by atoms with Crippen molar-refractivity contribution in [1.82, 2.24) is 9.97 Å². The first-order chi connectivity index (χ1) is 24.3. The largest absolute Gasteiger partial charge is 0.456 e. The zero-order valence-corrected chi connectivity index (χ0v) is 26.6. The van der Waals surface area contributed by atoms with Crippen molar-refractivity contribution in [2.75, 3.05) is 0 Å². The molecule has 49 heavy (non-hydrogen) atoms. The molecule has 9 rings (SSSR count). The molecule has 3 heteroatoms. The zero-order valence-electron chi connectivity index (χ0n) is 26.6. The molecule has 2 aromatic heterocycles. The van der Waals surface area contributed by atoms with Crippen molar-refractivity contribution in [3.05, 3.63) is 182 Å². The molecule has 0 atom stereocenters. The number of rotatable bonds is 6. The molecule has 0 amide bonds. The van der Waals surface area contributed by atoms with Crippen LogP contribution in [-0.4, -0.2) is 9.97 Å². The van der Waals surface area contributed by atoms with Crippen molar-refractivity contribution in [2.24, 2.45) is 0 Å². The van der Waals surface area contributed by atoms with E-state index in [2.05, 4.69) is 152 Å². The topological polar surface area (TPSA) is 38.9 Å². The van der Waals surface area contributed by atoms with Crippen molar-refractivity contribution < 1.29 is 4.42 Å². The number of furan rings is 1. The molecule has 0 aliphatic carbocycles. The van der Waals surface area contributed by atoms with Crippen LogP contribution < -0.4 is 0 Å². The lowest BCUT2D eigenvalue weighted by atomic mass is 9.96. The van der Waals surface area contributed by atoms with Gasteiger partial charge in [0.25, 0.3) is 0 Å². The fourth-order valence-corrected chi connectivity index (χ4v) is 6.64. The van der Waals surface area contributed by atoms with Gasteiger partial charge in [-0.05, 0) is 57.6 Å². The molecule has 0 bridgehead atoms.